The van der Waals surface area contributed by atoms with Gasteiger partial charge in [-0.2, -0.15) is 0 Å². The largest absolute Gasteiger partial charge is 0.361 e. The average Bonchev–Trinajstić information content (AvgIpc) is 3.38. The van der Waals surface area contributed by atoms with Crippen molar-refractivity contribution in [1.29, 1.82) is 0 Å². The third kappa shape index (κ3) is 4.57. The Morgan fingerprint density at radius 3 is 2.80 bits per heavy atom. The van der Waals surface area contributed by atoms with Gasteiger partial charge in [-0.05, 0) is 43.7 Å². The van der Waals surface area contributed by atoms with Crippen molar-refractivity contribution in [3.63, 3.8) is 0 Å². The van der Waals surface area contributed by atoms with E-state index in [4.69, 9.17) is 4.52 Å². The minimum atomic E-state index is -0.181. The van der Waals surface area contributed by atoms with E-state index in [1.807, 2.05) is 42.8 Å². The molecule has 4 rings (SSSR count). The molecule has 0 aliphatic rings. The topological polar surface area (TPSA) is 98.7 Å². The summed E-state index contributed by atoms with van der Waals surface area (Å²) in [5.74, 6) is 2.76. The molecule has 0 aromatic carbocycles. The normalized spacial score (nSPS) is 10.9. The zero-order chi connectivity index (χ0) is 20.9. The van der Waals surface area contributed by atoms with Crippen molar-refractivity contribution < 1.29 is 9.32 Å². The quantitative estimate of drug-likeness (QED) is 0.457. The molecule has 0 aliphatic carbocycles. The zero-order valence-electron chi connectivity index (χ0n) is 16.6. The average molecular weight is 420 g/mol. The van der Waals surface area contributed by atoms with Crippen LogP contribution in [-0.2, 0) is 12.3 Å². The standard InChI is InChI=1S/C21H20N6O2S/c1-14-10-17(26-29-14)13-30-21-18(4-3-6-24-21)20(28)25-12-16-5-7-23-19(11-16)27-9-8-22-15(27)2/h3-11H,12-13H2,1-2H3,(H,25,28). The molecule has 0 saturated heterocycles. The van der Waals surface area contributed by atoms with E-state index in [1.165, 1.54) is 11.8 Å². The Labute approximate surface area is 177 Å². The second kappa shape index (κ2) is 8.91. The van der Waals surface area contributed by atoms with Crippen LogP contribution in [0.3, 0.4) is 0 Å². The van der Waals surface area contributed by atoms with Gasteiger partial charge in [-0.25, -0.2) is 15.0 Å². The summed E-state index contributed by atoms with van der Waals surface area (Å²) in [6.07, 6.45) is 6.99. The summed E-state index contributed by atoms with van der Waals surface area (Å²) in [5, 5.41) is 7.60. The van der Waals surface area contributed by atoms with E-state index in [0.717, 1.165) is 28.7 Å². The van der Waals surface area contributed by atoms with Gasteiger partial charge in [0.1, 0.15) is 22.4 Å². The molecule has 30 heavy (non-hydrogen) atoms. The van der Waals surface area contributed by atoms with Crippen molar-refractivity contribution in [3.8, 4) is 5.82 Å². The van der Waals surface area contributed by atoms with Crippen molar-refractivity contribution in [3.05, 3.63) is 83.5 Å². The van der Waals surface area contributed by atoms with Gasteiger partial charge in [0.25, 0.3) is 5.91 Å². The first-order valence-corrected chi connectivity index (χ1v) is 10.3. The third-order valence-electron chi connectivity index (χ3n) is 4.38. The molecule has 0 saturated carbocycles. The minimum Gasteiger partial charge on any atom is -0.361 e. The summed E-state index contributed by atoms with van der Waals surface area (Å²) >= 11 is 1.45. The van der Waals surface area contributed by atoms with Gasteiger partial charge >= 0.3 is 0 Å². The van der Waals surface area contributed by atoms with E-state index in [2.05, 4.69) is 25.4 Å². The van der Waals surface area contributed by atoms with Crippen LogP contribution in [-0.4, -0.2) is 30.6 Å². The molecule has 0 bridgehead atoms. The van der Waals surface area contributed by atoms with E-state index in [9.17, 15) is 4.79 Å². The summed E-state index contributed by atoms with van der Waals surface area (Å²) in [6, 6.07) is 9.21. The number of hydrogen-bond donors (Lipinski definition) is 1. The molecule has 4 heterocycles. The van der Waals surface area contributed by atoms with Crippen LogP contribution in [0.15, 0.2) is 64.7 Å². The lowest BCUT2D eigenvalue weighted by Gasteiger charge is -2.10. The molecule has 0 fully saturated rings. The number of amides is 1. The van der Waals surface area contributed by atoms with Crippen LogP contribution in [0, 0.1) is 13.8 Å². The zero-order valence-corrected chi connectivity index (χ0v) is 17.4. The maximum atomic E-state index is 12.8. The van der Waals surface area contributed by atoms with Crippen molar-refractivity contribution in [2.45, 2.75) is 31.2 Å². The fourth-order valence-corrected chi connectivity index (χ4v) is 3.78. The first kappa shape index (κ1) is 19.8. The van der Waals surface area contributed by atoms with E-state index in [0.29, 0.717) is 22.9 Å². The number of aromatic nitrogens is 5. The Morgan fingerprint density at radius 1 is 1.13 bits per heavy atom. The Morgan fingerprint density at radius 2 is 2.03 bits per heavy atom. The summed E-state index contributed by atoms with van der Waals surface area (Å²) in [7, 11) is 0. The fourth-order valence-electron chi connectivity index (χ4n) is 2.91. The number of rotatable bonds is 7. The first-order valence-electron chi connectivity index (χ1n) is 9.33. The number of nitrogens with one attached hydrogen (secondary N) is 1. The van der Waals surface area contributed by atoms with Crippen LogP contribution >= 0.6 is 11.8 Å². The van der Waals surface area contributed by atoms with Crippen molar-refractivity contribution >= 4 is 17.7 Å². The Hall–Kier alpha value is -3.46. The lowest BCUT2D eigenvalue weighted by atomic mass is 10.2. The Kier molecular flexibility index (Phi) is 5.89. The number of thioether (sulfide) groups is 1. The lowest BCUT2D eigenvalue weighted by Crippen LogP contribution is -2.23. The van der Waals surface area contributed by atoms with E-state index < -0.39 is 0 Å². The predicted octanol–water partition coefficient (Wildman–Crippen LogP) is 3.49. The van der Waals surface area contributed by atoms with Gasteiger partial charge < -0.3 is 9.84 Å². The molecular formula is C21H20N6O2S. The Balaban J connectivity index is 1.43. The molecule has 0 atom stereocenters. The minimum absolute atomic E-state index is 0.181. The molecule has 4 aromatic rings. The number of carbonyl (C=O) groups is 1. The molecule has 152 valence electrons. The molecule has 0 aliphatic heterocycles. The smallest absolute Gasteiger partial charge is 0.254 e. The van der Waals surface area contributed by atoms with Gasteiger partial charge in [0, 0.05) is 43.2 Å². The van der Waals surface area contributed by atoms with Crippen LogP contribution < -0.4 is 5.32 Å². The molecule has 0 spiro atoms. The van der Waals surface area contributed by atoms with E-state index in [-0.39, 0.29) is 5.91 Å². The highest BCUT2D eigenvalue weighted by molar-refractivity contribution is 7.98. The number of carbonyl (C=O) groups excluding carboxylic acids is 1. The molecule has 1 amide bonds. The molecular weight excluding hydrogens is 400 g/mol. The molecule has 8 nitrogen and oxygen atoms in total. The van der Waals surface area contributed by atoms with Crippen LogP contribution in [0.25, 0.3) is 5.82 Å². The fraction of sp³-hybridized carbons (Fsp3) is 0.190. The highest BCUT2D eigenvalue weighted by atomic mass is 32.2. The van der Waals surface area contributed by atoms with E-state index in [1.54, 1.807) is 30.7 Å². The predicted molar refractivity (Wildman–Crippen MR) is 112 cm³/mol. The van der Waals surface area contributed by atoms with Gasteiger partial charge in [0.2, 0.25) is 0 Å². The summed E-state index contributed by atoms with van der Waals surface area (Å²) < 4.78 is 6.98. The van der Waals surface area contributed by atoms with Crippen molar-refractivity contribution in [1.82, 2.24) is 30.0 Å². The van der Waals surface area contributed by atoms with Gasteiger partial charge in [-0.1, -0.05) is 16.9 Å². The van der Waals surface area contributed by atoms with Gasteiger partial charge in [-0.15, -0.1) is 0 Å². The summed E-state index contributed by atoms with van der Waals surface area (Å²) in [5.41, 5.74) is 2.29. The molecule has 9 heteroatoms. The number of imidazole rings is 1. The van der Waals surface area contributed by atoms with Crippen molar-refractivity contribution in [2.24, 2.45) is 0 Å². The molecule has 0 radical (unpaired) electrons. The lowest BCUT2D eigenvalue weighted by molar-refractivity contribution is 0.0947. The molecule has 0 unspecified atom stereocenters. The third-order valence-corrected chi connectivity index (χ3v) is 5.42. The monoisotopic (exact) mass is 420 g/mol. The highest BCUT2D eigenvalue weighted by Gasteiger charge is 2.14. The number of hydrogen-bond acceptors (Lipinski definition) is 7. The van der Waals surface area contributed by atoms with Crippen LogP contribution in [0.5, 0.6) is 0 Å². The van der Waals surface area contributed by atoms with Gasteiger partial charge in [-0.3, -0.25) is 9.36 Å². The second-order valence-electron chi connectivity index (χ2n) is 6.62. The molecule has 1 N–H and O–H groups in total. The van der Waals surface area contributed by atoms with Gasteiger partial charge in [0.15, 0.2) is 0 Å². The maximum absolute atomic E-state index is 12.8. The Bertz CT molecular complexity index is 1170. The van der Waals surface area contributed by atoms with Crippen LogP contribution in [0.4, 0.5) is 0 Å². The highest BCUT2D eigenvalue weighted by Crippen LogP contribution is 2.24. The van der Waals surface area contributed by atoms with Crippen LogP contribution in [0.2, 0.25) is 0 Å². The van der Waals surface area contributed by atoms with E-state index >= 15 is 0 Å². The van der Waals surface area contributed by atoms with Crippen molar-refractivity contribution in [2.75, 3.05) is 0 Å². The number of aryl methyl sites for hydroxylation is 2. The second-order valence-corrected chi connectivity index (χ2v) is 7.59. The van der Waals surface area contributed by atoms with Crippen LogP contribution in [0.1, 0.15) is 33.2 Å². The first-order chi connectivity index (χ1) is 14.6. The molecule has 4 aromatic heterocycles. The number of nitrogens with zero attached hydrogens (tertiary/aromatic N) is 5. The summed E-state index contributed by atoms with van der Waals surface area (Å²) in [6.45, 7) is 4.14. The SMILES string of the molecule is Cc1cc(CSc2ncccc2C(=O)NCc2ccnc(-n3ccnc3C)c2)no1. The number of pyridine rings is 2. The maximum Gasteiger partial charge on any atom is 0.254 e. The summed E-state index contributed by atoms with van der Waals surface area (Å²) in [4.78, 5) is 25.8. The van der Waals surface area contributed by atoms with Gasteiger partial charge in [0.05, 0.1) is 11.3 Å².